The lowest BCUT2D eigenvalue weighted by Gasteiger charge is -2.09. The van der Waals surface area contributed by atoms with Crippen molar-refractivity contribution >= 4 is 39.8 Å². The molecule has 1 fully saturated rings. The number of hydrogen-bond donors (Lipinski definition) is 2. The van der Waals surface area contributed by atoms with E-state index in [0.717, 1.165) is 19.3 Å². The van der Waals surface area contributed by atoms with E-state index in [-0.39, 0.29) is 16.9 Å². The first kappa shape index (κ1) is 18.8. The molecule has 0 saturated carbocycles. The molecule has 1 amide bonds. The van der Waals surface area contributed by atoms with Gasteiger partial charge in [0.15, 0.2) is 4.34 Å². The van der Waals surface area contributed by atoms with Crippen molar-refractivity contribution in [2.45, 2.75) is 35.2 Å². The van der Waals surface area contributed by atoms with Gasteiger partial charge in [-0.3, -0.25) is 4.79 Å². The van der Waals surface area contributed by atoms with Crippen LogP contribution in [0.5, 0.6) is 5.75 Å². The summed E-state index contributed by atoms with van der Waals surface area (Å²) in [4.78, 5) is 12.0. The minimum atomic E-state index is -4.72. The van der Waals surface area contributed by atoms with E-state index >= 15 is 0 Å². The van der Waals surface area contributed by atoms with Crippen molar-refractivity contribution in [1.29, 1.82) is 0 Å². The molecule has 2 N–H and O–H groups in total. The van der Waals surface area contributed by atoms with E-state index in [2.05, 4.69) is 25.6 Å². The topological polar surface area (TPSA) is 76.1 Å². The standard InChI is InChI=1S/C15H15F3N4O2S2/c16-15(17,18)24-10-6-4-9(5-7-10)20-13-21-22-14(26-13)25-11-3-1-2-8-19-12(11)23/h4-7,11H,1-3,8H2,(H,19,23)(H,20,21). The zero-order valence-corrected chi connectivity index (χ0v) is 15.0. The van der Waals surface area contributed by atoms with Crippen LogP contribution in [-0.4, -0.2) is 34.3 Å². The number of alkyl halides is 3. The molecule has 2 heterocycles. The normalized spacial score (nSPS) is 18.1. The van der Waals surface area contributed by atoms with Gasteiger partial charge in [0.05, 0.1) is 5.25 Å². The van der Waals surface area contributed by atoms with Gasteiger partial charge in [-0.2, -0.15) is 0 Å². The van der Waals surface area contributed by atoms with Gasteiger partial charge in [0, 0.05) is 12.2 Å². The van der Waals surface area contributed by atoms with Gasteiger partial charge in [-0.05, 0) is 37.1 Å². The molecule has 140 valence electrons. The van der Waals surface area contributed by atoms with E-state index < -0.39 is 6.36 Å². The Morgan fingerprint density at radius 2 is 2.00 bits per heavy atom. The van der Waals surface area contributed by atoms with Crippen LogP contribution in [0, 0.1) is 0 Å². The molecule has 1 aromatic heterocycles. The predicted molar refractivity (Wildman–Crippen MR) is 92.8 cm³/mol. The van der Waals surface area contributed by atoms with Crippen molar-refractivity contribution in [2.24, 2.45) is 0 Å². The van der Waals surface area contributed by atoms with E-state index in [4.69, 9.17) is 0 Å². The van der Waals surface area contributed by atoms with Crippen molar-refractivity contribution < 1.29 is 22.7 Å². The third kappa shape index (κ3) is 5.49. The summed E-state index contributed by atoms with van der Waals surface area (Å²) < 4.78 is 40.9. The average Bonchev–Trinajstić information content (AvgIpc) is 2.90. The second-order valence-electron chi connectivity index (χ2n) is 5.46. The van der Waals surface area contributed by atoms with Gasteiger partial charge in [0.25, 0.3) is 0 Å². The van der Waals surface area contributed by atoms with Gasteiger partial charge in [0.2, 0.25) is 11.0 Å². The number of benzene rings is 1. The Morgan fingerprint density at radius 3 is 2.73 bits per heavy atom. The molecule has 0 aliphatic carbocycles. The number of carbonyl (C=O) groups is 1. The Morgan fingerprint density at radius 1 is 1.23 bits per heavy atom. The molecule has 0 spiro atoms. The van der Waals surface area contributed by atoms with E-state index in [1.54, 1.807) is 0 Å². The maximum Gasteiger partial charge on any atom is 0.573 e. The van der Waals surface area contributed by atoms with Crippen molar-refractivity contribution in [3.8, 4) is 5.75 Å². The van der Waals surface area contributed by atoms with Gasteiger partial charge >= 0.3 is 6.36 Å². The first-order chi connectivity index (χ1) is 12.4. The van der Waals surface area contributed by atoms with Gasteiger partial charge in [-0.1, -0.05) is 29.5 Å². The lowest BCUT2D eigenvalue weighted by Crippen LogP contribution is -2.30. The van der Waals surface area contributed by atoms with Crippen LogP contribution in [0.4, 0.5) is 24.0 Å². The molecule has 11 heteroatoms. The second kappa shape index (κ2) is 8.12. The van der Waals surface area contributed by atoms with Crippen molar-refractivity contribution in [2.75, 3.05) is 11.9 Å². The molecule has 1 aliphatic heterocycles. The summed E-state index contributed by atoms with van der Waals surface area (Å²) in [6.45, 7) is 0.701. The summed E-state index contributed by atoms with van der Waals surface area (Å²) in [5, 5.41) is 14.2. The van der Waals surface area contributed by atoms with Crippen molar-refractivity contribution in [1.82, 2.24) is 15.5 Å². The largest absolute Gasteiger partial charge is 0.573 e. The Kier molecular flexibility index (Phi) is 5.87. The maximum absolute atomic E-state index is 12.2. The van der Waals surface area contributed by atoms with Gasteiger partial charge in [0.1, 0.15) is 5.75 Å². The molecule has 1 atom stereocenters. The number of rotatable bonds is 5. The number of anilines is 2. The molecule has 0 bridgehead atoms. The van der Waals surface area contributed by atoms with Crippen LogP contribution in [0.2, 0.25) is 0 Å². The summed E-state index contributed by atoms with van der Waals surface area (Å²) in [7, 11) is 0. The number of halogens is 3. The van der Waals surface area contributed by atoms with Crippen LogP contribution >= 0.6 is 23.1 Å². The zero-order valence-electron chi connectivity index (χ0n) is 13.4. The Balaban J connectivity index is 1.58. The first-order valence-electron chi connectivity index (χ1n) is 7.80. The quantitative estimate of drug-likeness (QED) is 0.786. The number of nitrogens with zero attached hydrogens (tertiary/aromatic N) is 2. The summed E-state index contributed by atoms with van der Waals surface area (Å²) in [6, 6.07) is 5.33. The van der Waals surface area contributed by atoms with Crippen LogP contribution in [0.25, 0.3) is 0 Å². The lowest BCUT2D eigenvalue weighted by atomic mass is 10.2. The lowest BCUT2D eigenvalue weighted by molar-refractivity contribution is -0.274. The fourth-order valence-corrected chi connectivity index (χ4v) is 4.40. The minimum absolute atomic E-state index is 0.0115. The fraction of sp³-hybridized carbons (Fsp3) is 0.400. The molecule has 1 unspecified atom stereocenters. The fourth-order valence-electron chi connectivity index (χ4n) is 2.32. The Bertz CT molecular complexity index is 752. The summed E-state index contributed by atoms with van der Waals surface area (Å²) in [5.74, 6) is -0.284. The van der Waals surface area contributed by atoms with E-state index in [1.165, 1.54) is 47.4 Å². The van der Waals surface area contributed by atoms with Gasteiger partial charge in [-0.15, -0.1) is 23.4 Å². The summed E-state index contributed by atoms with van der Waals surface area (Å²) >= 11 is 2.66. The summed E-state index contributed by atoms with van der Waals surface area (Å²) in [5.41, 5.74) is 0.555. The number of carbonyl (C=O) groups excluding carboxylic acids is 1. The smallest absolute Gasteiger partial charge is 0.406 e. The van der Waals surface area contributed by atoms with E-state index in [0.29, 0.717) is 21.7 Å². The number of ether oxygens (including phenoxy) is 1. The van der Waals surface area contributed by atoms with Crippen LogP contribution < -0.4 is 15.4 Å². The molecule has 2 aromatic rings. The van der Waals surface area contributed by atoms with Crippen LogP contribution in [0.15, 0.2) is 28.6 Å². The highest BCUT2D eigenvalue weighted by atomic mass is 32.2. The molecule has 6 nitrogen and oxygen atoms in total. The first-order valence-corrected chi connectivity index (χ1v) is 9.49. The highest BCUT2D eigenvalue weighted by Gasteiger charge is 2.31. The molecule has 1 aromatic carbocycles. The number of hydrogen-bond acceptors (Lipinski definition) is 7. The molecule has 0 radical (unpaired) electrons. The molecule has 1 aliphatic rings. The minimum Gasteiger partial charge on any atom is -0.406 e. The maximum atomic E-state index is 12.2. The molecule has 1 saturated heterocycles. The van der Waals surface area contributed by atoms with Gasteiger partial charge < -0.3 is 15.4 Å². The molecule has 3 rings (SSSR count). The molecular weight excluding hydrogens is 389 g/mol. The third-order valence-electron chi connectivity index (χ3n) is 3.47. The van der Waals surface area contributed by atoms with E-state index in [1.807, 2.05) is 0 Å². The Labute approximate surface area is 155 Å². The van der Waals surface area contributed by atoms with Crippen molar-refractivity contribution in [3.05, 3.63) is 24.3 Å². The van der Waals surface area contributed by atoms with Crippen LogP contribution in [0.1, 0.15) is 19.3 Å². The highest BCUT2D eigenvalue weighted by Crippen LogP contribution is 2.33. The highest BCUT2D eigenvalue weighted by molar-refractivity contribution is 8.02. The predicted octanol–water partition coefficient (Wildman–Crippen LogP) is 3.94. The molecular formula is C15H15F3N4O2S2. The van der Waals surface area contributed by atoms with Crippen LogP contribution in [-0.2, 0) is 4.79 Å². The number of nitrogens with one attached hydrogen (secondary N) is 2. The number of thioether (sulfide) groups is 1. The third-order valence-corrected chi connectivity index (χ3v) is 5.66. The average molecular weight is 404 g/mol. The van der Waals surface area contributed by atoms with Gasteiger partial charge in [-0.25, -0.2) is 0 Å². The SMILES string of the molecule is O=C1NCCCCC1Sc1nnc(Nc2ccc(OC(F)(F)F)cc2)s1. The van der Waals surface area contributed by atoms with Crippen molar-refractivity contribution in [3.63, 3.8) is 0 Å². The number of aromatic nitrogens is 2. The molecule has 26 heavy (non-hydrogen) atoms. The van der Waals surface area contributed by atoms with E-state index in [9.17, 15) is 18.0 Å². The number of amides is 1. The second-order valence-corrected chi connectivity index (χ2v) is 7.89. The zero-order chi connectivity index (χ0) is 18.6. The Hall–Kier alpha value is -2.01. The summed E-state index contributed by atoms with van der Waals surface area (Å²) in [6.07, 6.45) is -1.98. The monoisotopic (exact) mass is 404 g/mol. The van der Waals surface area contributed by atoms with Crippen LogP contribution in [0.3, 0.4) is 0 Å².